The number of carbonyl (C=O) groups is 1. The molecule has 112 valence electrons. The molecule has 0 saturated heterocycles. The third-order valence-corrected chi connectivity index (χ3v) is 2.71. The van der Waals surface area contributed by atoms with Gasteiger partial charge in [0, 0.05) is 6.54 Å². The molecule has 0 fully saturated rings. The Morgan fingerprint density at radius 2 is 2.00 bits per heavy atom. The molecular weight excluding hydrogens is 272 g/mol. The molecule has 2 N–H and O–H groups in total. The second kappa shape index (κ2) is 7.28. The van der Waals surface area contributed by atoms with Gasteiger partial charge in [0.05, 0.1) is 13.5 Å². The second-order valence-corrected chi connectivity index (χ2v) is 4.29. The quantitative estimate of drug-likeness (QED) is 0.796. The van der Waals surface area contributed by atoms with Crippen molar-refractivity contribution in [3.05, 3.63) is 35.9 Å². The first-order chi connectivity index (χ1) is 10.2. The molecule has 1 aromatic heterocycles. The molecule has 0 unspecified atom stereocenters. The number of hydrogen-bond donors (Lipinski definition) is 2. The molecule has 0 aliphatic rings. The summed E-state index contributed by atoms with van der Waals surface area (Å²) in [5, 5.41) is 9.43. The molecule has 1 amide bonds. The summed E-state index contributed by atoms with van der Waals surface area (Å²) in [6, 6.07) is 7.25. The molecule has 2 aromatic rings. The maximum absolute atomic E-state index is 11.4. The maximum Gasteiger partial charge on any atom is 0.227 e. The fourth-order valence-electron chi connectivity index (χ4n) is 1.71. The fourth-order valence-corrected chi connectivity index (χ4v) is 1.71. The van der Waals surface area contributed by atoms with Crippen LogP contribution in [0.4, 0.5) is 0 Å². The predicted octanol–water partition coefficient (Wildman–Crippen LogP) is 1.07. The fraction of sp³-hybridized carbons (Fsp3) is 0.357. The van der Waals surface area contributed by atoms with Gasteiger partial charge in [0.25, 0.3) is 0 Å². The average molecular weight is 290 g/mol. The molecule has 0 atom stereocenters. The Bertz CT molecular complexity index is 580. The highest BCUT2D eigenvalue weighted by atomic mass is 16.5. The Balaban J connectivity index is 1.85. The highest BCUT2D eigenvalue weighted by molar-refractivity contribution is 5.77. The van der Waals surface area contributed by atoms with E-state index in [-0.39, 0.29) is 18.9 Å². The Kier molecular flexibility index (Phi) is 5.14. The first kappa shape index (κ1) is 14.8. The van der Waals surface area contributed by atoms with Crippen LogP contribution < -0.4 is 14.8 Å². The number of carbonyl (C=O) groups excluding carboxylic acids is 1. The number of benzene rings is 1. The van der Waals surface area contributed by atoms with E-state index in [0.717, 1.165) is 5.75 Å². The summed E-state index contributed by atoms with van der Waals surface area (Å²) >= 11 is 0. The number of likely N-dealkylation sites (N-methyl/N-ethyl adjacent to an activating group) is 1. The van der Waals surface area contributed by atoms with Crippen LogP contribution in [0.2, 0.25) is 0 Å². The van der Waals surface area contributed by atoms with E-state index in [4.69, 9.17) is 9.47 Å². The van der Waals surface area contributed by atoms with Crippen LogP contribution in [0.5, 0.6) is 11.5 Å². The van der Waals surface area contributed by atoms with Gasteiger partial charge in [0.1, 0.15) is 18.1 Å². The van der Waals surface area contributed by atoms with Crippen molar-refractivity contribution in [2.24, 2.45) is 0 Å². The van der Waals surface area contributed by atoms with E-state index in [1.54, 1.807) is 7.11 Å². The van der Waals surface area contributed by atoms with E-state index in [9.17, 15) is 4.79 Å². The van der Waals surface area contributed by atoms with Crippen molar-refractivity contribution in [2.45, 2.75) is 20.0 Å². The van der Waals surface area contributed by atoms with Gasteiger partial charge in [-0.2, -0.15) is 5.10 Å². The van der Waals surface area contributed by atoms with Gasteiger partial charge in [-0.15, -0.1) is 0 Å². The Hall–Kier alpha value is -2.57. The number of methoxy groups -OCH3 is 1. The van der Waals surface area contributed by atoms with Gasteiger partial charge in [-0.05, 0) is 31.2 Å². The molecule has 0 radical (unpaired) electrons. The zero-order valence-electron chi connectivity index (χ0n) is 12.0. The van der Waals surface area contributed by atoms with E-state index in [0.29, 0.717) is 23.9 Å². The summed E-state index contributed by atoms with van der Waals surface area (Å²) in [4.78, 5) is 15.6. The smallest absolute Gasteiger partial charge is 0.227 e. The summed E-state index contributed by atoms with van der Waals surface area (Å²) in [5.74, 6) is 2.40. The van der Waals surface area contributed by atoms with Gasteiger partial charge in [-0.1, -0.05) is 0 Å². The first-order valence-corrected chi connectivity index (χ1v) is 6.65. The molecule has 7 heteroatoms. The number of hydrogen-bond acceptors (Lipinski definition) is 5. The predicted molar refractivity (Wildman–Crippen MR) is 76.1 cm³/mol. The lowest BCUT2D eigenvalue weighted by Gasteiger charge is -2.04. The molecule has 0 bridgehead atoms. The number of ether oxygens (including phenoxy) is 2. The van der Waals surface area contributed by atoms with E-state index in [1.165, 1.54) is 0 Å². The number of H-pyrrole nitrogens is 1. The average Bonchev–Trinajstić information content (AvgIpc) is 2.93. The van der Waals surface area contributed by atoms with Gasteiger partial charge in [-0.3, -0.25) is 9.89 Å². The van der Waals surface area contributed by atoms with Gasteiger partial charge < -0.3 is 14.8 Å². The van der Waals surface area contributed by atoms with E-state index >= 15 is 0 Å². The van der Waals surface area contributed by atoms with Crippen molar-refractivity contribution in [3.8, 4) is 11.5 Å². The maximum atomic E-state index is 11.4. The van der Waals surface area contributed by atoms with Crippen LogP contribution in [0.3, 0.4) is 0 Å². The minimum atomic E-state index is -0.0980. The van der Waals surface area contributed by atoms with Crippen molar-refractivity contribution < 1.29 is 14.3 Å². The van der Waals surface area contributed by atoms with Crippen LogP contribution in [0, 0.1) is 0 Å². The van der Waals surface area contributed by atoms with Crippen LogP contribution in [-0.2, 0) is 17.8 Å². The first-order valence-electron chi connectivity index (χ1n) is 6.65. The van der Waals surface area contributed by atoms with E-state index in [1.807, 2.05) is 31.2 Å². The lowest BCUT2D eigenvalue weighted by Crippen LogP contribution is -2.24. The van der Waals surface area contributed by atoms with Crippen LogP contribution in [0.15, 0.2) is 24.3 Å². The summed E-state index contributed by atoms with van der Waals surface area (Å²) in [6.45, 7) is 2.72. The third-order valence-electron chi connectivity index (χ3n) is 2.71. The van der Waals surface area contributed by atoms with E-state index in [2.05, 4.69) is 20.5 Å². The Morgan fingerprint density at radius 3 is 2.67 bits per heavy atom. The largest absolute Gasteiger partial charge is 0.497 e. The molecule has 0 saturated carbocycles. The zero-order valence-corrected chi connectivity index (χ0v) is 12.0. The van der Waals surface area contributed by atoms with Crippen LogP contribution in [0.1, 0.15) is 18.6 Å². The number of nitrogens with one attached hydrogen (secondary N) is 2. The van der Waals surface area contributed by atoms with Gasteiger partial charge in [-0.25, -0.2) is 4.98 Å². The molecule has 21 heavy (non-hydrogen) atoms. The molecular formula is C14H18N4O3. The molecule has 0 spiro atoms. The number of rotatable bonds is 7. The minimum Gasteiger partial charge on any atom is -0.497 e. The summed E-state index contributed by atoms with van der Waals surface area (Å²) in [7, 11) is 1.61. The number of aromatic amines is 1. The van der Waals surface area contributed by atoms with Crippen molar-refractivity contribution >= 4 is 5.91 Å². The molecule has 2 rings (SSSR count). The number of amides is 1. The van der Waals surface area contributed by atoms with Gasteiger partial charge in [0.15, 0.2) is 11.6 Å². The van der Waals surface area contributed by atoms with Gasteiger partial charge >= 0.3 is 0 Å². The highest BCUT2D eigenvalue weighted by Crippen LogP contribution is 2.17. The third kappa shape index (κ3) is 4.48. The number of aromatic nitrogens is 3. The molecule has 1 aromatic carbocycles. The van der Waals surface area contributed by atoms with E-state index < -0.39 is 0 Å². The van der Waals surface area contributed by atoms with Crippen LogP contribution >= 0.6 is 0 Å². The number of nitrogens with zero attached hydrogens (tertiary/aromatic N) is 2. The topological polar surface area (TPSA) is 89.1 Å². The highest BCUT2D eigenvalue weighted by Gasteiger charge is 2.08. The molecule has 0 aliphatic heterocycles. The van der Waals surface area contributed by atoms with Crippen LogP contribution in [0.25, 0.3) is 0 Å². The van der Waals surface area contributed by atoms with Crippen molar-refractivity contribution in [1.82, 2.24) is 20.5 Å². The Morgan fingerprint density at radius 1 is 1.29 bits per heavy atom. The second-order valence-electron chi connectivity index (χ2n) is 4.29. The van der Waals surface area contributed by atoms with Crippen molar-refractivity contribution in [3.63, 3.8) is 0 Å². The van der Waals surface area contributed by atoms with Crippen molar-refractivity contribution in [1.29, 1.82) is 0 Å². The lowest BCUT2D eigenvalue weighted by atomic mass is 10.3. The normalized spacial score (nSPS) is 10.2. The molecule has 7 nitrogen and oxygen atoms in total. The lowest BCUT2D eigenvalue weighted by molar-refractivity contribution is -0.120. The molecule has 0 aliphatic carbocycles. The summed E-state index contributed by atoms with van der Waals surface area (Å²) in [6.07, 6.45) is 0.160. The summed E-state index contributed by atoms with van der Waals surface area (Å²) in [5.41, 5.74) is 0. The van der Waals surface area contributed by atoms with Gasteiger partial charge in [0.2, 0.25) is 5.91 Å². The monoisotopic (exact) mass is 290 g/mol. The SMILES string of the molecule is CCNC(=O)Cc1n[nH]c(COc2ccc(OC)cc2)n1. The van der Waals surface area contributed by atoms with Crippen molar-refractivity contribution in [2.75, 3.05) is 13.7 Å². The Labute approximate surface area is 122 Å². The minimum absolute atomic E-state index is 0.0980. The zero-order chi connectivity index (χ0) is 15.1. The van der Waals surface area contributed by atoms with Crippen LogP contribution in [-0.4, -0.2) is 34.7 Å². The summed E-state index contributed by atoms with van der Waals surface area (Å²) < 4.78 is 10.6. The standard InChI is InChI=1S/C14H18N4O3/c1-3-15-14(19)8-12-16-13(18-17-12)9-21-11-6-4-10(20-2)5-7-11/h4-7H,3,8-9H2,1-2H3,(H,15,19)(H,16,17,18). The molecule has 1 heterocycles.